The van der Waals surface area contributed by atoms with E-state index in [-0.39, 0.29) is 11.9 Å². The second kappa shape index (κ2) is 4.57. The second-order valence-electron chi connectivity index (χ2n) is 4.39. The molecule has 5 heteroatoms. The summed E-state index contributed by atoms with van der Waals surface area (Å²) in [4.78, 5) is 18.4. The number of carbonyl (C=O) groups excluding carboxylic acids is 1. The lowest BCUT2D eigenvalue weighted by Crippen LogP contribution is -2.33. The number of carbonyl (C=O) groups is 1. The first kappa shape index (κ1) is 11.5. The summed E-state index contributed by atoms with van der Waals surface area (Å²) in [7, 11) is 0. The minimum absolute atomic E-state index is 0.106. The molecule has 0 saturated carbocycles. The third-order valence-electron chi connectivity index (χ3n) is 3.27. The van der Waals surface area contributed by atoms with E-state index in [9.17, 15) is 4.79 Å². The van der Waals surface area contributed by atoms with Crippen LogP contribution in [0.3, 0.4) is 0 Å². The Balaban J connectivity index is 1.78. The van der Waals surface area contributed by atoms with Gasteiger partial charge in [0.15, 0.2) is 5.13 Å². The maximum absolute atomic E-state index is 12.0. The number of fused-ring (bicyclic) bond motifs is 1. The van der Waals surface area contributed by atoms with Crippen molar-refractivity contribution in [2.24, 2.45) is 0 Å². The molecule has 1 atom stereocenters. The zero-order valence-electron chi connectivity index (χ0n) is 10.2. The second-order valence-corrected chi connectivity index (χ2v) is 5.42. The smallest absolute Gasteiger partial charge is 0.245 e. The molecule has 2 heterocycles. The van der Waals surface area contributed by atoms with Crippen molar-refractivity contribution in [2.75, 3.05) is 18.4 Å². The van der Waals surface area contributed by atoms with Crippen LogP contribution in [0.1, 0.15) is 13.3 Å². The van der Waals surface area contributed by atoms with E-state index in [1.54, 1.807) is 11.3 Å². The lowest BCUT2D eigenvalue weighted by atomic mass is 10.2. The number of hydrogen-bond donors (Lipinski definition) is 1. The molecule has 1 fully saturated rings. The zero-order valence-corrected chi connectivity index (χ0v) is 11.0. The first-order chi connectivity index (χ1) is 8.78. The van der Waals surface area contributed by atoms with Gasteiger partial charge in [-0.25, -0.2) is 4.98 Å². The van der Waals surface area contributed by atoms with Crippen LogP contribution in [0, 0.1) is 0 Å². The quantitative estimate of drug-likeness (QED) is 0.922. The number of likely N-dealkylation sites (tertiary alicyclic amines) is 1. The fraction of sp³-hybridized carbons (Fsp3) is 0.385. The van der Waals surface area contributed by atoms with Crippen molar-refractivity contribution >= 4 is 32.6 Å². The lowest BCUT2D eigenvalue weighted by Gasteiger charge is -2.13. The van der Waals surface area contributed by atoms with Crippen LogP contribution in [0.25, 0.3) is 10.2 Å². The highest BCUT2D eigenvalue weighted by atomic mass is 32.1. The van der Waals surface area contributed by atoms with Crippen molar-refractivity contribution in [3.63, 3.8) is 0 Å². The Morgan fingerprint density at radius 3 is 3.06 bits per heavy atom. The van der Waals surface area contributed by atoms with E-state index >= 15 is 0 Å². The average Bonchev–Trinajstić information content (AvgIpc) is 2.94. The topological polar surface area (TPSA) is 45.2 Å². The van der Waals surface area contributed by atoms with Gasteiger partial charge in [-0.2, -0.15) is 0 Å². The summed E-state index contributed by atoms with van der Waals surface area (Å²) in [5.74, 6) is 0.191. The van der Waals surface area contributed by atoms with Crippen LogP contribution in [0.2, 0.25) is 0 Å². The molecule has 1 aliphatic rings. The van der Waals surface area contributed by atoms with Crippen molar-refractivity contribution in [3.8, 4) is 0 Å². The van der Waals surface area contributed by atoms with Crippen LogP contribution in [0.5, 0.6) is 0 Å². The summed E-state index contributed by atoms with van der Waals surface area (Å²) < 4.78 is 1.15. The molecular formula is C13H15N3OS. The normalized spacial score (nSPS) is 19.7. The van der Waals surface area contributed by atoms with E-state index in [2.05, 4.69) is 10.3 Å². The van der Waals surface area contributed by atoms with Gasteiger partial charge in [0.1, 0.15) is 6.04 Å². The van der Waals surface area contributed by atoms with E-state index in [0.717, 1.165) is 34.9 Å². The van der Waals surface area contributed by atoms with Crippen LogP contribution in [-0.4, -0.2) is 34.9 Å². The molecule has 1 aliphatic heterocycles. The summed E-state index contributed by atoms with van der Waals surface area (Å²) >= 11 is 1.60. The number of likely N-dealkylation sites (N-methyl/N-ethyl adjacent to an activating group) is 1. The molecule has 2 aromatic rings. The number of rotatable bonds is 3. The number of nitrogens with one attached hydrogen (secondary N) is 1. The Labute approximate surface area is 110 Å². The maximum atomic E-state index is 12.0. The largest absolute Gasteiger partial charge is 0.350 e. The standard InChI is InChI=1S/C13H15N3OS/c1-2-16-8-7-10(12(16)17)15-13-14-9-5-3-4-6-11(9)18-13/h3-6,10H,2,7-8H2,1H3,(H,14,15). The van der Waals surface area contributed by atoms with Gasteiger partial charge in [0.25, 0.3) is 0 Å². The SMILES string of the molecule is CCN1CCC(Nc2nc3ccccc3s2)C1=O. The van der Waals surface area contributed by atoms with E-state index in [4.69, 9.17) is 0 Å². The summed E-state index contributed by atoms with van der Waals surface area (Å²) in [6.07, 6.45) is 0.864. The van der Waals surface area contributed by atoms with Gasteiger partial charge in [0, 0.05) is 13.1 Å². The van der Waals surface area contributed by atoms with Crippen LogP contribution in [0.4, 0.5) is 5.13 Å². The summed E-state index contributed by atoms with van der Waals surface area (Å²) in [6.45, 7) is 3.65. The number of nitrogens with zero attached hydrogens (tertiary/aromatic N) is 2. The first-order valence-electron chi connectivity index (χ1n) is 6.19. The van der Waals surface area contributed by atoms with Crippen LogP contribution in [0.15, 0.2) is 24.3 Å². The molecule has 1 aromatic carbocycles. The molecule has 1 unspecified atom stereocenters. The molecule has 94 valence electrons. The predicted molar refractivity (Wildman–Crippen MR) is 73.9 cm³/mol. The number of thiazole rings is 1. The average molecular weight is 261 g/mol. The molecule has 0 spiro atoms. The van der Waals surface area contributed by atoms with E-state index in [1.165, 1.54) is 0 Å². The third-order valence-corrected chi connectivity index (χ3v) is 4.24. The van der Waals surface area contributed by atoms with Crippen molar-refractivity contribution in [3.05, 3.63) is 24.3 Å². The Bertz CT molecular complexity index is 547. The Morgan fingerprint density at radius 2 is 2.33 bits per heavy atom. The number of para-hydroxylation sites is 1. The van der Waals surface area contributed by atoms with E-state index in [0.29, 0.717) is 0 Å². The number of benzene rings is 1. The summed E-state index contributed by atoms with van der Waals surface area (Å²) in [6, 6.07) is 7.92. The highest BCUT2D eigenvalue weighted by molar-refractivity contribution is 7.22. The van der Waals surface area contributed by atoms with Crippen LogP contribution < -0.4 is 5.32 Å². The van der Waals surface area contributed by atoms with Gasteiger partial charge < -0.3 is 10.2 Å². The molecule has 1 aromatic heterocycles. The monoisotopic (exact) mass is 261 g/mol. The van der Waals surface area contributed by atoms with Gasteiger partial charge in [-0.15, -0.1) is 0 Å². The number of amides is 1. The van der Waals surface area contributed by atoms with Crippen molar-refractivity contribution in [2.45, 2.75) is 19.4 Å². The number of aromatic nitrogens is 1. The van der Waals surface area contributed by atoms with Crippen molar-refractivity contribution < 1.29 is 4.79 Å². The van der Waals surface area contributed by atoms with Gasteiger partial charge in [0.05, 0.1) is 10.2 Å². The molecule has 1 amide bonds. The van der Waals surface area contributed by atoms with Crippen LogP contribution in [-0.2, 0) is 4.79 Å². The number of hydrogen-bond acceptors (Lipinski definition) is 4. The lowest BCUT2D eigenvalue weighted by molar-refractivity contribution is -0.128. The molecule has 3 rings (SSSR count). The molecule has 1 saturated heterocycles. The summed E-state index contributed by atoms with van der Waals surface area (Å²) in [5, 5.41) is 4.10. The number of anilines is 1. The molecule has 0 bridgehead atoms. The van der Waals surface area contributed by atoms with E-state index < -0.39 is 0 Å². The van der Waals surface area contributed by atoms with Gasteiger partial charge in [-0.1, -0.05) is 23.5 Å². The molecule has 4 nitrogen and oxygen atoms in total. The fourth-order valence-electron chi connectivity index (χ4n) is 2.27. The van der Waals surface area contributed by atoms with Crippen molar-refractivity contribution in [1.29, 1.82) is 0 Å². The van der Waals surface area contributed by atoms with Gasteiger partial charge in [-0.05, 0) is 25.5 Å². The van der Waals surface area contributed by atoms with Gasteiger partial charge >= 0.3 is 0 Å². The zero-order chi connectivity index (χ0) is 12.5. The minimum atomic E-state index is -0.106. The maximum Gasteiger partial charge on any atom is 0.245 e. The molecule has 1 N–H and O–H groups in total. The summed E-state index contributed by atoms with van der Waals surface area (Å²) in [5.41, 5.74) is 0.989. The molecule has 18 heavy (non-hydrogen) atoms. The van der Waals surface area contributed by atoms with E-state index in [1.807, 2.05) is 36.1 Å². The highest BCUT2D eigenvalue weighted by Gasteiger charge is 2.30. The van der Waals surface area contributed by atoms with Crippen molar-refractivity contribution in [1.82, 2.24) is 9.88 Å². The van der Waals surface area contributed by atoms with Crippen LogP contribution >= 0.6 is 11.3 Å². The highest BCUT2D eigenvalue weighted by Crippen LogP contribution is 2.27. The first-order valence-corrected chi connectivity index (χ1v) is 7.00. The minimum Gasteiger partial charge on any atom is -0.350 e. The molecule has 0 aliphatic carbocycles. The fourth-order valence-corrected chi connectivity index (χ4v) is 3.19. The Hall–Kier alpha value is -1.62. The Kier molecular flexibility index (Phi) is 2.91. The Morgan fingerprint density at radius 1 is 1.50 bits per heavy atom. The molecule has 0 radical (unpaired) electrons. The van der Waals surface area contributed by atoms with Gasteiger partial charge in [-0.3, -0.25) is 4.79 Å². The predicted octanol–water partition coefficient (Wildman–Crippen LogP) is 2.33. The third kappa shape index (κ3) is 1.95. The molecular weight excluding hydrogens is 246 g/mol. The van der Waals surface area contributed by atoms with Gasteiger partial charge in [0.2, 0.25) is 5.91 Å².